The molecule has 0 spiro atoms. The Labute approximate surface area is 129 Å². The molecule has 0 aliphatic rings. The number of nitrogens with one attached hydrogen (secondary N) is 1. The van der Waals surface area contributed by atoms with Gasteiger partial charge in [-0.05, 0) is 37.1 Å². The maximum absolute atomic E-state index is 12.1. The van der Waals surface area contributed by atoms with Gasteiger partial charge in [-0.1, -0.05) is 18.9 Å². The number of carbonyl (C=O) groups excluding carboxylic acids is 1. The van der Waals surface area contributed by atoms with Crippen LogP contribution in [0.5, 0.6) is 0 Å². The van der Waals surface area contributed by atoms with Gasteiger partial charge < -0.3 is 10.4 Å². The van der Waals surface area contributed by atoms with Crippen molar-refractivity contribution in [3.05, 3.63) is 42.1 Å². The highest BCUT2D eigenvalue weighted by atomic mass is 16.4. The number of hydrogen-bond donors (Lipinski definition) is 2. The normalized spacial score (nSPS) is 10.5. The molecule has 0 radical (unpaired) electrons. The summed E-state index contributed by atoms with van der Waals surface area (Å²) in [6.07, 6.45) is 5.31. The van der Waals surface area contributed by atoms with Crippen molar-refractivity contribution in [1.29, 1.82) is 0 Å². The van der Waals surface area contributed by atoms with Crippen LogP contribution in [0.3, 0.4) is 0 Å². The third-order valence-corrected chi connectivity index (χ3v) is 3.47. The first-order valence-corrected chi connectivity index (χ1v) is 7.51. The average Bonchev–Trinajstić information content (AvgIpc) is 2.53. The Morgan fingerprint density at radius 3 is 2.73 bits per heavy atom. The van der Waals surface area contributed by atoms with Gasteiger partial charge in [0, 0.05) is 30.1 Å². The zero-order valence-corrected chi connectivity index (χ0v) is 12.4. The van der Waals surface area contributed by atoms with Crippen LogP contribution in [0.15, 0.2) is 36.5 Å². The van der Waals surface area contributed by atoms with Crippen molar-refractivity contribution in [1.82, 2.24) is 10.3 Å². The summed E-state index contributed by atoms with van der Waals surface area (Å²) in [6, 6.07) is 9.24. The van der Waals surface area contributed by atoms with Crippen LogP contribution in [0.2, 0.25) is 0 Å². The van der Waals surface area contributed by atoms with Gasteiger partial charge in [-0.25, -0.2) is 0 Å². The van der Waals surface area contributed by atoms with Gasteiger partial charge in [0.05, 0.1) is 5.52 Å². The van der Waals surface area contributed by atoms with Gasteiger partial charge in [-0.15, -0.1) is 0 Å². The summed E-state index contributed by atoms with van der Waals surface area (Å²) >= 11 is 0. The van der Waals surface area contributed by atoms with Gasteiger partial charge in [-0.3, -0.25) is 14.6 Å². The molecular weight excluding hydrogens is 280 g/mol. The first-order chi connectivity index (χ1) is 10.7. The van der Waals surface area contributed by atoms with E-state index in [4.69, 9.17) is 5.11 Å². The fourth-order valence-corrected chi connectivity index (χ4v) is 2.28. The van der Waals surface area contributed by atoms with E-state index in [0.29, 0.717) is 18.5 Å². The molecule has 1 amide bonds. The number of carbonyl (C=O) groups is 2. The minimum atomic E-state index is -0.751. The molecule has 0 atom stereocenters. The zero-order chi connectivity index (χ0) is 15.8. The molecule has 0 aliphatic heterocycles. The van der Waals surface area contributed by atoms with E-state index in [0.717, 1.165) is 30.2 Å². The van der Waals surface area contributed by atoms with E-state index in [2.05, 4.69) is 10.3 Å². The Bertz CT molecular complexity index is 655. The number of aliphatic carboxylic acids is 1. The molecule has 0 unspecified atom stereocenters. The molecule has 0 aliphatic carbocycles. The van der Waals surface area contributed by atoms with Crippen molar-refractivity contribution < 1.29 is 14.7 Å². The van der Waals surface area contributed by atoms with Gasteiger partial charge in [0.15, 0.2) is 0 Å². The number of benzene rings is 1. The molecule has 0 fully saturated rings. The number of unbranched alkanes of at least 4 members (excludes halogenated alkanes) is 3. The lowest BCUT2D eigenvalue weighted by atomic mass is 10.1. The molecule has 5 nitrogen and oxygen atoms in total. The lowest BCUT2D eigenvalue weighted by molar-refractivity contribution is -0.137. The number of hydrogen-bond acceptors (Lipinski definition) is 3. The maximum atomic E-state index is 12.1. The average molecular weight is 300 g/mol. The Morgan fingerprint density at radius 1 is 1.09 bits per heavy atom. The van der Waals surface area contributed by atoms with Gasteiger partial charge >= 0.3 is 5.97 Å². The number of aromatic nitrogens is 1. The molecule has 5 heteroatoms. The maximum Gasteiger partial charge on any atom is 0.303 e. The van der Waals surface area contributed by atoms with Crippen LogP contribution in [0.25, 0.3) is 10.9 Å². The lowest BCUT2D eigenvalue weighted by Gasteiger charge is -2.06. The van der Waals surface area contributed by atoms with Crippen LogP contribution < -0.4 is 5.32 Å². The molecule has 2 rings (SSSR count). The molecule has 2 N–H and O–H groups in total. The topological polar surface area (TPSA) is 79.3 Å². The molecule has 1 aromatic carbocycles. The zero-order valence-electron chi connectivity index (χ0n) is 12.4. The number of fused-ring (bicyclic) bond motifs is 1. The van der Waals surface area contributed by atoms with Crippen LogP contribution in [-0.4, -0.2) is 28.5 Å². The summed E-state index contributed by atoms with van der Waals surface area (Å²) in [6.45, 7) is 0.608. The predicted molar refractivity (Wildman–Crippen MR) is 84.8 cm³/mol. The lowest BCUT2D eigenvalue weighted by Crippen LogP contribution is -2.24. The number of nitrogens with zero attached hydrogens (tertiary/aromatic N) is 1. The predicted octanol–water partition coefficient (Wildman–Crippen LogP) is 3.00. The molecule has 0 bridgehead atoms. The van der Waals surface area contributed by atoms with Crippen LogP contribution in [0, 0.1) is 0 Å². The molecule has 2 aromatic rings. The fourth-order valence-electron chi connectivity index (χ4n) is 2.28. The number of carboxylic acid groups (broad SMARTS) is 1. The van der Waals surface area contributed by atoms with Crippen molar-refractivity contribution in [3.63, 3.8) is 0 Å². The van der Waals surface area contributed by atoms with E-state index in [1.807, 2.05) is 24.3 Å². The van der Waals surface area contributed by atoms with Crippen molar-refractivity contribution >= 4 is 22.8 Å². The number of rotatable bonds is 8. The summed E-state index contributed by atoms with van der Waals surface area (Å²) in [5, 5.41) is 12.4. The van der Waals surface area contributed by atoms with E-state index in [9.17, 15) is 9.59 Å². The first kappa shape index (κ1) is 15.9. The van der Waals surface area contributed by atoms with Crippen molar-refractivity contribution in [2.45, 2.75) is 32.1 Å². The minimum absolute atomic E-state index is 0.0868. The highest BCUT2D eigenvalue weighted by Crippen LogP contribution is 2.13. The van der Waals surface area contributed by atoms with Gasteiger partial charge in [0.1, 0.15) is 0 Å². The van der Waals surface area contributed by atoms with E-state index < -0.39 is 5.97 Å². The summed E-state index contributed by atoms with van der Waals surface area (Å²) in [7, 11) is 0. The van der Waals surface area contributed by atoms with Crippen LogP contribution >= 0.6 is 0 Å². The summed E-state index contributed by atoms with van der Waals surface area (Å²) in [4.78, 5) is 26.6. The Morgan fingerprint density at radius 2 is 1.91 bits per heavy atom. The number of amides is 1. The Hall–Kier alpha value is -2.43. The molecule has 0 saturated carbocycles. The van der Waals surface area contributed by atoms with Gasteiger partial charge in [0.2, 0.25) is 0 Å². The number of pyridine rings is 1. The quantitative estimate of drug-likeness (QED) is 0.734. The largest absolute Gasteiger partial charge is 0.481 e. The fraction of sp³-hybridized carbons (Fsp3) is 0.353. The highest BCUT2D eigenvalue weighted by molar-refractivity contribution is 5.97. The van der Waals surface area contributed by atoms with Gasteiger partial charge in [0.25, 0.3) is 5.91 Å². The van der Waals surface area contributed by atoms with E-state index >= 15 is 0 Å². The van der Waals surface area contributed by atoms with E-state index in [-0.39, 0.29) is 12.3 Å². The molecule has 0 saturated heterocycles. The van der Waals surface area contributed by atoms with Crippen LogP contribution in [0.1, 0.15) is 42.5 Å². The molecule has 22 heavy (non-hydrogen) atoms. The number of carboxylic acids is 1. The summed E-state index contributed by atoms with van der Waals surface area (Å²) in [5.41, 5.74) is 1.50. The first-order valence-electron chi connectivity index (χ1n) is 7.51. The van der Waals surface area contributed by atoms with Crippen molar-refractivity contribution in [2.75, 3.05) is 6.54 Å². The molecule has 1 aromatic heterocycles. The second kappa shape index (κ2) is 8.12. The van der Waals surface area contributed by atoms with Gasteiger partial charge in [-0.2, -0.15) is 0 Å². The standard InChI is InChI=1S/C17H20N2O3/c20-16(21)7-3-1-2-4-10-19-17(22)14-8-9-15-13(12-14)6-5-11-18-15/h5-6,8-9,11-12H,1-4,7,10H2,(H,19,22)(H,20,21). The Kier molecular flexibility index (Phi) is 5.89. The monoisotopic (exact) mass is 300 g/mol. The van der Waals surface area contributed by atoms with E-state index in [1.54, 1.807) is 12.3 Å². The molecular formula is C17H20N2O3. The molecule has 116 valence electrons. The highest BCUT2D eigenvalue weighted by Gasteiger charge is 2.06. The molecule has 1 heterocycles. The third kappa shape index (κ3) is 4.84. The second-order valence-electron chi connectivity index (χ2n) is 5.22. The van der Waals surface area contributed by atoms with Crippen LogP contribution in [-0.2, 0) is 4.79 Å². The van der Waals surface area contributed by atoms with Crippen LogP contribution in [0.4, 0.5) is 0 Å². The third-order valence-electron chi connectivity index (χ3n) is 3.47. The van der Waals surface area contributed by atoms with E-state index in [1.165, 1.54) is 0 Å². The van der Waals surface area contributed by atoms with Crippen molar-refractivity contribution in [2.24, 2.45) is 0 Å². The minimum Gasteiger partial charge on any atom is -0.481 e. The Balaban J connectivity index is 1.73. The second-order valence-corrected chi connectivity index (χ2v) is 5.22. The summed E-state index contributed by atoms with van der Waals surface area (Å²) < 4.78 is 0. The SMILES string of the molecule is O=C(O)CCCCCCNC(=O)c1ccc2ncccc2c1. The smallest absolute Gasteiger partial charge is 0.303 e. The summed E-state index contributed by atoms with van der Waals surface area (Å²) in [5.74, 6) is -0.838. The van der Waals surface area contributed by atoms with Crippen molar-refractivity contribution in [3.8, 4) is 0 Å².